The van der Waals surface area contributed by atoms with Crippen molar-refractivity contribution >= 4 is 5.97 Å². The number of carboxylic acids is 1. The lowest BCUT2D eigenvalue weighted by atomic mass is 9.69. The number of hydrogen-bond acceptors (Lipinski definition) is 2. The minimum atomic E-state index is -0.789. The maximum absolute atomic E-state index is 11.2. The third kappa shape index (κ3) is 5.33. The summed E-state index contributed by atoms with van der Waals surface area (Å²) in [7, 11) is 0. The molecule has 0 bridgehead atoms. The summed E-state index contributed by atoms with van der Waals surface area (Å²) >= 11 is 0. The van der Waals surface area contributed by atoms with Gasteiger partial charge in [-0.25, -0.2) is 0 Å². The number of carbonyl (C=O) groups is 1. The van der Waals surface area contributed by atoms with Crippen molar-refractivity contribution < 1.29 is 14.6 Å². The normalized spacial score (nSPS) is 18.2. The first-order valence-corrected chi connectivity index (χ1v) is 10.9. The molecule has 0 heterocycles. The second kappa shape index (κ2) is 9.07. The lowest BCUT2D eigenvalue weighted by molar-refractivity contribution is -0.137. The van der Waals surface area contributed by atoms with Crippen molar-refractivity contribution in [3.05, 3.63) is 76.4 Å². The molecule has 30 heavy (non-hydrogen) atoms. The van der Waals surface area contributed by atoms with Crippen molar-refractivity contribution in [2.45, 2.75) is 77.7 Å². The van der Waals surface area contributed by atoms with Gasteiger partial charge in [-0.2, -0.15) is 0 Å². The Morgan fingerprint density at radius 1 is 1.20 bits per heavy atom. The van der Waals surface area contributed by atoms with Gasteiger partial charge in [-0.15, -0.1) is 0 Å². The fraction of sp³-hybridized carbons (Fsp3) is 0.444. The topological polar surface area (TPSA) is 46.5 Å². The van der Waals surface area contributed by atoms with E-state index in [4.69, 9.17) is 4.74 Å². The number of aliphatic carboxylic acids is 1. The highest BCUT2D eigenvalue weighted by Gasteiger charge is 2.30. The van der Waals surface area contributed by atoms with E-state index in [0.29, 0.717) is 12.5 Å². The van der Waals surface area contributed by atoms with E-state index in [9.17, 15) is 9.90 Å². The van der Waals surface area contributed by atoms with Gasteiger partial charge in [-0.05, 0) is 72.4 Å². The zero-order valence-electron chi connectivity index (χ0n) is 18.9. The first kappa shape index (κ1) is 22.1. The van der Waals surface area contributed by atoms with Gasteiger partial charge in [0.25, 0.3) is 0 Å². The molecular formula is C27H34O3. The molecule has 0 aromatic heterocycles. The summed E-state index contributed by atoms with van der Waals surface area (Å²) in [5.41, 5.74) is 6.48. The maximum Gasteiger partial charge on any atom is 0.304 e. The molecule has 160 valence electrons. The van der Waals surface area contributed by atoms with Crippen LogP contribution in [0.2, 0.25) is 0 Å². The van der Waals surface area contributed by atoms with Gasteiger partial charge >= 0.3 is 5.97 Å². The predicted octanol–water partition coefficient (Wildman–Crippen LogP) is 6.97. The Morgan fingerprint density at radius 3 is 2.53 bits per heavy atom. The van der Waals surface area contributed by atoms with Crippen LogP contribution in [0.25, 0.3) is 0 Å². The van der Waals surface area contributed by atoms with Crippen LogP contribution in [0.15, 0.2) is 54.1 Å². The average molecular weight is 407 g/mol. The van der Waals surface area contributed by atoms with Gasteiger partial charge in [0.1, 0.15) is 12.4 Å². The Bertz CT molecular complexity index is 918. The van der Waals surface area contributed by atoms with Gasteiger partial charge in [0.05, 0.1) is 6.42 Å². The van der Waals surface area contributed by atoms with Gasteiger partial charge < -0.3 is 9.84 Å². The number of carboxylic acid groups (broad SMARTS) is 1. The number of rotatable bonds is 7. The minimum absolute atomic E-state index is 0.0923. The minimum Gasteiger partial charge on any atom is -0.489 e. The number of fused-ring (bicyclic) bond motifs is 1. The fourth-order valence-corrected chi connectivity index (χ4v) is 4.43. The van der Waals surface area contributed by atoms with Crippen LogP contribution in [-0.2, 0) is 16.8 Å². The van der Waals surface area contributed by atoms with Gasteiger partial charge in [0.2, 0.25) is 0 Å². The molecule has 2 aromatic rings. The van der Waals surface area contributed by atoms with Crippen molar-refractivity contribution in [1.82, 2.24) is 0 Å². The summed E-state index contributed by atoms with van der Waals surface area (Å²) in [4.78, 5) is 11.2. The Balaban J connectivity index is 1.70. The molecule has 1 N–H and O–H groups in total. The Labute approximate surface area is 180 Å². The van der Waals surface area contributed by atoms with E-state index in [0.717, 1.165) is 16.9 Å². The monoisotopic (exact) mass is 406 g/mol. The largest absolute Gasteiger partial charge is 0.489 e. The number of benzene rings is 2. The number of allylic oxidation sites excluding steroid dienone is 2. The molecular weight excluding hydrogens is 372 g/mol. The van der Waals surface area contributed by atoms with E-state index < -0.39 is 5.97 Å². The summed E-state index contributed by atoms with van der Waals surface area (Å²) < 4.78 is 6.04. The molecule has 3 heteroatoms. The molecule has 1 aliphatic rings. The van der Waals surface area contributed by atoms with Crippen LogP contribution < -0.4 is 4.74 Å². The highest BCUT2D eigenvalue weighted by Crippen LogP contribution is 2.42. The van der Waals surface area contributed by atoms with Crippen molar-refractivity contribution in [3.63, 3.8) is 0 Å². The van der Waals surface area contributed by atoms with E-state index in [-0.39, 0.29) is 17.8 Å². The molecule has 3 nitrogen and oxygen atoms in total. The van der Waals surface area contributed by atoms with Gasteiger partial charge in [-0.3, -0.25) is 4.79 Å². The second-order valence-electron chi connectivity index (χ2n) is 9.55. The second-order valence-corrected chi connectivity index (χ2v) is 9.55. The third-order valence-corrected chi connectivity index (χ3v) is 6.22. The predicted molar refractivity (Wildman–Crippen MR) is 122 cm³/mol. The molecule has 3 rings (SSSR count). The summed E-state index contributed by atoms with van der Waals surface area (Å²) in [5, 5.41) is 9.20. The SMILES string of the molecule is CC(C)=C[C@H](CC(=O)O)c1ccc(OCc2ccc3c(c2)C(C)CCC3(C)C)cc1. The summed E-state index contributed by atoms with van der Waals surface area (Å²) in [5.74, 6) is 0.485. The van der Waals surface area contributed by atoms with Crippen LogP contribution in [0, 0.1) is 0 Å². The average Bonchev–Trinajstić information content (AvgIpc) is 2.69. The van der Waals surface area contributed by atoms with E-state index >= 15 is 0 Å². The van der Waals surface area contributed by atoms with E-state index in [2.05, 4.69) is 39.0 Å². The lowest BCUT2D eigenvalue weighted by Gasteiger charge is -2.36. The van der Waals surface area contributed by atoms with Gasteiger partial charge in [0.15, 0.2) is 0 Å². The van der Waals surface area contributed by atoms with Crippen molar-refractivity contribution in [2.75, 3.05) is 0 Å². The van der Waals surface area contributed by atoms with Crippen LogP contribution in [0.4, 0.5) is 0 Å². The molecule has 0 amide bonds. The van der Waals surface area contributed by atoms with Crippen molar-refractivity contribution in [1.29, 1.82) is 0 Å². The molecule has 0 saturated heterocycles. The lowest BCUT2D eigenvalue weighted by Crippen LogP contribution is -2.25. The summed E-state index contributed by atoms with van der Waals surface area (Å²) in [6, 6.07) is 14.6. The molecule has 0 aliphatic heterocycles. The molecule has 0 fully saturated rings. The number of ether oxygens (including phenoxy) is 1. The zero-order chi connectivity index (χ0) is 21.9. The quantitative estimate of drug-likeness (QED) is 0.505. The molecule has 2 atom stereocenters. The zero-order valence-corrected chi connectivity index (χ0v) is 18.9. The fourth-order valence-electron chi connectivity index (χ4n) is 4.43. The van der Waals surface area contributed by atoms with Gasteiger partial charge in [-0.1, -0.05) is 62.8 Å². The Hall–Kier alpha value is -2.55. The van der Waals surface area contributed by atoms with Gasteiger partial charge in [0, 0.05) is 5.92 Å². The molecule has 1 aliphatic carbocycles. The van der Waals surface area contributed by atoms with Crippen molar-refractivity contribution in [2.24, 2.45) is 0 Å². The van der Waals surface area contributed by atoms with Crippen molar-refractivity contribution in [3.8, 4) is 5.75 Å². The Kier molecular flexibility index (Phi) is 6.70. The molecule has 2 aromatic carbocycles. The molecule has 0 spiro atoms. The summed E-state index contributed by atoms with van der Waals surface area (Å²) in [6.07, 6.45) is 4.57. The smallest absolute Gasteiger partial charge is 0.304 e. The Morgan fingerprint density at radius 2 is 1.90 bits per heavy atom. The van der Waals surface area contributed by atoms with E-state index in [1.54, 1.807) is 0 Å². The highest BCUT2D eigenvalue weighted by atomic mass is 16.5. The maximum atomic E-state index is 11.2. The van der Waals surface area contributed by atoms with Crippen LogP contribution in [0.3, 0.4) is 0 Å². The van der Waals surface area contributed by atoms with Crippen LogP contribution in [-0.4, -0.2) is 11.1 Å². The third-order valence-electron chi connectivity index (χ3n) is 6.22. The molecule has 0 saturated carbocycles. The standard InChI is InChI=1S/C27H34O3/c1-18(2)14-22(16-26(28)29)21-7-9-23(10-8-21)30-17-20-6-11-25-24(15-20)19(3)12-13-27(25,4)5/h6-11,14-15,19,22H,12-13,16-17H2,1-5H3,(H,28,29)/t19?,22-/m1/s1. The van der Waals surface area contributed by atoms with E-state index in [1.807, 2.05) is 44.2 Å². The summed E-state index contributed by atoms with van der Waals surface area (Å²) in [6.45, 7) is 11.5. The highest BCUT2D eigenvalue weighted by molar-refractivity contribution is 5.68. The van der Waals surface area contributed by atoms with Crippen LogP contribution in [0.5, 0.6) is 5.75 Å². The number of hydrogen-bond donors (Lipinski definition) is 1. The molecule has 0 radical (unpaired) electrons. The van der Waals surface area contributed by atoms with E-state index in [1.165, 1.54) is 29.5 Å². The van der Waals surface area contributed by atoms with Crippen LogP contribution >= 0.6 is 0 Å². The first-order valence-electron chi connectivity index (χ1n) is 10.9. The first-order chi connectivity index (χ1) is 14.2. The molecule has 1 unspecified atom stereocenters. The van der Waals surface area contributed by atoms with Crippen LogP contribution in [0.1, 0.15) is 88.0 Å².